The molecule has 7 heteroatoms. The first-order chi connectivity index (χ1) is 9.88. The molecule has 0 aromatic heterocycles. The van der Waals surface area contributed by atoms with Gasteiger partial charge >= 0.3 is 6.61 Å². The molecular formula is C14H10BrClF3NO. The molecule has 2 aromatic carbocycles. The van der Waals surface area contributed by atoms with Crippen molar-refractivity contribution < 1.29 is 17.9 Å². The van der Waals surface area contributed by atoms with Crippen LogP contribution in [-0.4, -0.2) is 6.61 Å². The zero-order valence-electron chi connectivity index (χ0n) is 10.5. The van der Waals surface area contributed by atoms with E-state index in [0.29, 0.717) is 15.1 Å². The lowest BCUT2D eigenvalue weighted by Crippen LogP contribution is -2.14. The first kappa shape index (κ1) is 16.1. The molecule has 0 spiro atoms. The van der Waals surface area contributed by atoms with Gasteiger partial charge < -0.3 is 10.5 Å². The Morgan fingerprint density at radius 3 is 2.57 bits per heavy atom. The number of ether oxygens (including phenoxy) is 1. The molecule has 112 valence electrons. The molecule has 0 aliphatic heterocycles. The average molecular weight is 381 g/mol. The Balaban J connectivity index is 2.36. The molecule has 0 bridgehead atoms. The van der Waals surface area contributed by atoms with Crippen LogP contribution in [0.2, 0.25) is 5.02 Å². The Bertz CT molecular complexity index is 654. The van der Waals surface area contributed by atoms with Crippen molar-refractivity contribution in [1.82, 2.24) is 0 Å². The van der Waals surface area contributed by atoms with Gasteiger partial charge in [0.2, 0.25) is 0 Å². The molecule has 0 aliphatic rings. The molecular weight excluding hydrogens is 371 g/mol. The van der Waals surface area contributed by atoms with Crippen molar-refractivity contribution >= 4 is 27.5 Å². The van der Waals surface area contributed by atoms with Crippen LogP contribution in [0.4, 0.5) is 13.2 Å². The summed E-state index contributed by atoms with van der Waals surface area (Å²) in [6, 6.07) is 7.56. The molecule has 1 unspecified atom stereocenters. The number of rotatable bonds is 4. The molecule has 0 saturated carbocycles. The second-order valence-electron chi connectivity index (χ2n) is 4.22. The third-order valence-electron chi connectivity index (χ3n) is 2.82. The van der Waals surface area contributed by atoms with E-state index in [0.717, 1.165) is 0 Å². The van der Waals surface area contributed by atoms with Gasteiger partial charge in [0.1, 0.15) is 11.6 Å². The van der Waals surface area contributed by atoms with Crippen LogP contribution >= 0.6 is 27.5 Å². The highest BCUT2D eigenvalue weighted by Gasteiger charge is 2.17. The van der Waals surface area contributed by atoms with Crippen molar-refractivity contribution in [1.29, 1.82) is 0 Å². The van der Waals surface area contributed by atoms with Crippen LogP contribution < -0.4 is 10.5 Å². The molecule has 0 fully saturated rings. The predicted octanol–water partition coefficient (Wildman–Crippen LogP) is 4.89. The molecule has 0 radical (unpaired) electrons. The fraction of sp³-hybridized carbons (Fsp3) is 0.143. The molecule has 2 N–H and O–H groups in total. The molecule has 0 saturated heterocycles. The van der Waals surface area contributed by atoms with Crippen molar-refractivity contribution in [3.05, 3.63) is 62.8 Å². The molecule has 2 rings (SSSR count). The van der Waals surface area contributed by atoms with Crippen LogP contribution in [0.3, 0.4) is 0 Å². The van der Waals surface area contributed by atoms with Crippen molar-refractivity contribution in [2.45, 2.75) is 12.7 Å². The van der Waals surface area contributed by atoms with Crippen LogP contribution in [0.1, 0.15) is 17.2 Å². The van der Waals surface area contributed by atoms with Crippen molar-refractivity contribution in [2.75, 3.05) is 0 Å². The van der Waals surface area contributed by atoms with Gasteiger partial charge in [0.25, 0.3) is 0 Å². The summed E-state index contributed by atoms with van der Waals surface area (Å²) in [6.07, 6.45) is 0. The second-order valence-corrected chi connectivity index (χ2v) is 5.48. The lowest BCUT2D eigenvalue weighted by atomic mass is 9.99. The summed E-state index contributed by atoms with van der Waals surface area (Å²) < 4.78 is 43.1. The number of hydrogen-bond acceptors (Lipinski definition) is 2. The van der Waals surface area contributed by atoms with Crippen LogP contribution in [0.5, 0.6) is 5.75 Å². The zero-order chi connectivity index (χ0) is 15.6. The number of alkyl halides is 2. The monoisotopic (exact) mass is 379 g/mol. The summed E-state index contributed by atoms with van der Waals surface area (Å²) in [4.78, 5) is 0. The van der Waals surface area contributed by atoms with E-state index in [1.165, 1.54) is 30.3 Å². The summed E-state index contributed by atoms with van der Waals surface area (Å²) in [5.74, 6) is -0.583. The van der Waals surface area contributed by atoms with E-state index < -0.39 is 18.5 Å². The van der Waals surface area contributed by atoms with Gasteiger partial charge in [-0.15, -0.1) is 0 Å². The minimum Gasteiger partial charge on any atom is -0.435 e. The maximum Gasteiger partial charge on any atom is 0.387 e. The van der Waals surface area contributed by atoms with E-state index in [2.05, 4.69) is 20.7 Å². The van der Waals surface area contributed by atoms with E-state index >= 15 is 0 Å². The van der Waals surface area contributed by atoms with Crippen LogP contribution in [0.25, 0.3) is 0 Å². The average Bonchev–Trinajstić information content (AvgIpc) is 2.41. The van der Waals surface area contributed by atoms with Gasteiger partial charge in [-0.1, -0.05) is 23.7 Å². The largest absolute Gasteiger partial charge is 0.435 e. The Hall–Kier alpha value is -1.24. The molecule has 21 heavy (non-hydrogen) atoms. The van der Waals surface area contributed by atoms with E-state index in [9.17, 15) is 13.2 Å². The van der Waals surface area contributed by atoms with Crippen molar-refractivity contribution in [3.8, 4) is 5.75 Å². The molecule has 0 heterocycles. The Kier molecular flexibility index (Phi) is 5.13. The Labute approximate surface area is 132 Å². The topological polar surface area (TPSA) is 35.2 Å². The Morgan fingerprint density at radius 2 is 1.90 bits per heavy atom. The lowest BCUT2D eigenvalue weighted by molar-refractivity contribution is -0.0498. The normalized spacial score (nSPS) is 12.5. The maximum absolute atomic E-state index is 14.0. The van der Waals surface area contributed by atoms with Crippen LogP contribution in [0.15, 0.2) is 40.9 Å². The number of halogens is 5. The highest BCUT2D eigenvalue weighted by atomic mass is 79.9. The maximum atomic E-state index is 14.0. The fourth-order valence-corrected chi connectivity index (χ4v) is 2.33. The summed E-state index contributed by atoms with van der Waals surface area (Å²) in [5.41, 5.74) is 6.58. The molecule has 2 nitrogen and oxygen atoms in total. The van der Waals surface area contributed by atoms with Crippen molar-refractivity contribution in [2.24, 2.45) is 5.73 Å². The molecule has 2 aromatic rings. The summed E-state index contributed by atoms with van der Waals surface area (Å²) >= 11 is 9.03. The fourth-order valence-electron chi connectivity index (χ4n) is 1.84. The minimum atomic E-state index is -2.93. The third-order valence-corrected chi connectivity index (χ3v) is 4.01. The summed E-state index contributed by atoms with van der Waals surface area (Å²) in [5, 5.41) is 0.307. The van der Waals surface area contributed by atoms with Gasteiger partial charge in [0, 0.05) is 10.0 Å². The van der Waals surface area contributed by atoms with E-state index in [-0.39, 0.29) is 11.3 Å². The number of nitrogens with two attached hydrogens (primary N) is 1. The summed E-state index contributed by atoms with van der Waals surface area (Å²) in [6.45, 7) is -2.93. The third kappa shape index (κ3) is 3.90. The minimum absolute atomic E-state index is 0.0402. The van der Waals surface area contributed by atoms with E-state index in [1.807, 2.05) is 0 Å². The van der Waals surface area contributed by atoms with Crippen LogP contribution in [0, 0.1) is 5.82 Å². The Morgan fingerprint density at radius 1 is 1.19 bits per heavy atom. The van der Waals surface area contributed by atoms with E-state index in [1.54, 1.807) is 6.07 Å². The number of hydrogen-bond donors (Lipinski definition) is 1. The van der Waals surface area contributed by atoms with Gasteiger partial charge in [0.05, 0.1) is 11.1 Å². The highest BCUT2D eigenvalue weighted by Crippen LogP contribution is 2.31. The lowest BCUT2D eigenvalue weighted by Gasteiger charge is -2.15. The quantitative estimate of drug-likeness (QED) is 0.767. The molecule has 0 aliphatic carbocycles. The SMILES string of the molecule is NC(c1cccc(OC(F)F)c1)c1cc(Cl)c(Br)cc1F. The number of benzene rings is 2. The molecule has 0 amide bonds. The van der Waals surface area contributed by atoms with Gasteiger partial charge in [-0.2, -0.15) is 8.78 Å². The first-order valence-electron chi connectivity index (χ1n) is 5.83. The summed E-state index contributed by atoms with van der Waals surface area (Å²) in [7, 11) is 0. The molecule has 1 atom stereocenters. The van der Waals surface area contributed by atoms with Gasteiger partial charge in [-0.25, -0.2) is 4.39 Å². The van der Waals surface area contributed by atoms with Crippen LogP contribution in [-0.2, 0) is 0 Å². The first-order valence-corrected chi connectivity index (χ1v) is 7.00. The van der Waals surface area contributed by atoms with Gasteiger partial charge in [-0.3, -0.25) is 0 Å². The van der Waals surface area contributed by atoms with Gasteiger partial charge in [0.15, 0.2) is 0 Å². The van der Waals surface area contributed by atoms with E-state index in [4.69, 9.17) is 17.3 Å². The standard InChI is InChI=1S/C14H10BrClF3NO/c15-10-6-12(17)9(5-11(10)16)13(20)7-2-1-3-8(4-7)21-14(18)19/h1-6,13-14H,20H2. The predicted molar refractivity (Wildman–Crippen MR) is 78.2 cm³/mol. The smallest absolute Gasteiger partial charge is 0.387 e. The van der Waals surface area contributed by atoms with Crippen molar-refractivity contribution in [3.63, 3.8) is 0 Å². The zero-order valence-corrected chi connectivity index (χ0v) is 12.8. The highest BCUT2D eigenvalue weighted by molar-refractivity contribution is 9.10. The second kappa shape index (κ2) is 6.68. The van der Waals surface area contributed by atoms with Gasteiger partial charge in [-0.05, 0) is 45.8 Å².